The summed E-state index contributed by atoms with van der Waals surface area (Å²) >= 11 is 0. The molecule has 0 saturated carbocycles. The zero-order chi connectivity index (χ0) is 12.5. The summed E-state index contributed by atoms with van der Waals surface area (Å²) in [5.74, 6) is -0.663. The highest BCUT2D eigenvalue weighted by atomic mass is 16.5. The normalized spacial score (nSPS) is 30.9. The van der Waals surface area contributed by atoms with Gasteiger partial charge in [0, 0.05) is 12.8 Å². The Hall–Kier alpha value is -0.870. The Morgan fingerprint density at radius 2 is 2.12 bits per heavy atom. The van der Waals surface area contributed by atoms with Crippen molar-refractivity contribution >= 4 is 5.97 Å². The molecule has 0 aromatic carbocycles. The SMILES string of the molecule is CC(=O)OC1CC(C(C)(C)O)C(O)C=C1C. The molecule has 4 nitrogen and oxygen atoms in total. The summed E-state index contributed by atoms with van der Waals surface area (Å²) < 4.78 is 5.15. The van der Waals surface area contributed by atoms with E-state index in [9.17, 15) is 15.0 Å². The van der Waals surface area contributed by atoms with Gasteiger partial charge in [-0.1, -0.05) is 6.08 Å². The van der Waals surface area contributed by atoms with Gasteiger partial charge in [-0.2, -0.15) is 0 Å². The molecule has 0 aromatic rings. The fourth-order valence-electron chi connectivity index (χ4n) is 2.10. The second-order valence-electron chi connectivity index (χ2n) is 5.00. The second-order valence-corrected chi connectivity index (χ2v) is 5.00. The van der Waals surface area contributed by atoms with Crippen LogP contribution in [-0.2, 0) is 9.53 Å². The monoisotopic (exact) mass is 228 g/mol. The van der Waals surface area contributed by atoms with Crippen molar-refractivity contribution in [1.82, 2.24) is 0 Å². The Labute approximate surface area is 95.9 Å². The molecule has 3 unspecified atom stereocenters. The highest BCUT2D eigenvalue weighted by molar-refractivity contribution is 5.66. The summed E-state index contributed by atoms with van der Waals surface area (Å²) in [6.45, 7) is 6.48. The lowest BCUT2D eigenvalue weighted by atomic mass is 9.76. The number of ether oxygens (including phenoxy) is 1. The highest BCUT2D eigenvalue weighted by Crippen LogP contribution is 2.33. The molecule has 16 heavy (non-hydrogen) atoms. The van der Waals surface area contributed by atoms with Crippen LogP contribution in [0.2, 0.25) is 0 Å². The predicted octanol–water partition coefficient (Wildman–Crippen LogP) is 1.02. The van der Waals surface area contributed by atoms with Gasteiger partial charge >= 0.3 is 5.97 Å². The topological polar surface area (TPSA) is 66.8 Å². The maximum Gasteiger partial charge on any atom is 0.303 e. The zero-order valence-corrected chi connectivity index (χ0v) is 10.2. The Kier molecular flexibility index (Phi) is 3.76. The van der Waals surface area contributed by atoms with E-state index in [0.717, 1.165) is 5.57 Å². The fourth-order valence-corrected chi connectivity index (χ4v) is 2.10. The predicted molar refractivity (Wildman–Crippen MR) is 59.7 cm³/mol. The van der Waals surface area contributed by atoms with Crippen molar-refractivity contribution in [2.75, 3.05) is 0 Å². The van der Waals surface area contributed by atoms with Crippen molar-refractivity contribution < 1.29 is 19.7 Å². The van der Waals surface area contributed by atoms with Gasteiger partial charge in [0.05, 0.1) is 11.7 Å². The molecule has 0 amide bonds. The Morgan fingerprint density at radius 3 is 2.56 bits per heavy atom. The molecular weight excluding hydrogens is 208 g/mol. The molecule has 4 heteroatoms. The minimum Gasteiger partial charge on any atom is -0.458 e. The smallest absolute Gasteiger partial charge is 0.303 e. The summed E-state index contributed by atoms with van der Waals surface area (Å²) in [6, 6.07) is 0. The number of esters is 1. The average Bonchev–Trinajstić information content (AvgIpc) is 2.06. The third-order valence-electron chi connectivity index (χ3n) is 3.04. The average molecular weight is 228 g/mol. The third-order valence-corrected chi connectivity index (χ3v) is 3.04. The molecule has 0 bridgehead atoms. The summed E-state index contributed by atoms with van der Waals surface area (Å²) in [5.41, 5.74) is -0.155. The van der Waals surface area contributed by atoms with Crippen LogP contribution in [0.15, 0.2) is 11.6 Å². The van der Waals surface area contributed by atoms with Crippen LogP contribution in [0.25, 0.3) is 0 Å². The number of aliphatic hydroxyl groups excluding tert-OH is 1. The van der Waals surface area contributed by atoms with Gasteiger partial charge in [0.25, 0.3) is 0 Å². The summed E-state index contributed by atoms with van der Waals surface area (Å²) in [7, 11) is 0. The summed E-state index contributed by atoms with van der Waals surface area (Å²) in [5, 5.41) is 19.8. The number of hydrogen-bond acceptors (Lipinski definition) is 4. The minimum absolute atomic E-state index is 0.319. The maximum absolute atomic E-state index is 10.9. The van der Waals surface area contributed by atoms with Crippen LogP contribution in [0.5, 0.6) is 0 Å². The number of rotatable bonds is 2. The van der Waals surface area contributed by atoms with Crippen molar-refractivity contribution in [3.63, 3.8) is 0 Å². The van der Waals surface area contributed by atoms with E-state index in [2.05, 4.69) is 0 Å². The summed E-state index contributed by atoms with van der Waals surface area (Å²) in [6.07, 6.45) is 1.08. The molecule has 1 aliphatic rings. The standard InChI is InChI=1S/C12H20O4/c1-7-5-10(14)9(12(3,4)15)6-11(7)16-8(2)13/h5,9-11,14-15H,6H2,1-4H3. The third kappa shape index (κ3) is 3.06. The molecule has 92 valence electrons. The first-order valence-corrected chi connectivity index (χ1v) is 5.47. The van der Waals surface area contributed by atoms with Crippen molar-refractivity contribution in [3.05, 3.63) is 11.6 Å². The van der Waals surface area contributed by atoms with Crippen LogP contribution >= 0.6 is 0 Å². The molecule has 0 spiro atoms. The largest absolute Gasteiger partial charge is 0.458 e. The van der Waals surface area contributed by atoms with Gasteiger partial charge in [0.1, 0.15) is 6.10 Å². The lowest BCUT2D eigenvalue weighted by molar-refractivity contribution is -0.148. The molecule has 0 fully saturated rings. The van der Waals surface area contributed by atoms with Crippen LogP contribution in [0.4, 0.5) is 0 Å². The molecular formula is C12H20O4. The highest BCUT2D eigenvalue weighted by Gasteiger charge is 2.38. The van der Waals surface area contributed by atoms with Crippen LogP contribution in [0.3, 0.4) is 0 Å². The Balaban J connectivity index is 2.85. The van der Waals surface area contributed by atoms with Gasteiger partial charge in [-0.15, -0.1) is 0 Å². The van der Waals surface area contributed by atoms with E-state index in [-0.39, 0.29) is 18.0 Å². The van der Waals surface area contributed by atoms with Crippen molar-refractivity contribution in [1.29, 1.82) is 0 Å². The van der Waals surface area contributed by atoms with Crippen LogP contribution in [0, 0.1) is 5.92 Å². The molecule has 2 N–H and O–H groups in total. The molecule has 0 aromatic heterocycles. The van der Waals surface area contributed by atoms with E-state index in [1.54, 1.807) is 19.9 Å². The molecule has 0 heterocycles. The van der Waals surface area contributed by atoms with Crippen molar-refractivity contribution in [3.8, 4) is 0 Å². The van der Waals surface area contributed by atoms with Gasteiger partial charge in [-0.05, 0) is 32.8 Å². The van der Waals surface area contributed by atoms with E-state index in [1.165, 1.54) is 6.92 Å². The molecule has 0 radical (unpaired) electrons. The number of carbonyl (C=O) groups excluding carboxylic acids is 1. The van der Waals surface area contributed by atoms with E-state index >= 15 is 0 Å². The van der Waals surface area contributed by atoms with Gasteiger partial charge in [-0.3, -0.25) is 4.79 Å². The van der Waals surface area contributed by atoms with Crippen LogP contribution in [-0.4, -0.2) is 34.0 Å². The second kappa shape index (κ2) is 4.55. The lowest BCUT2D eigenvalue weighted by Gasteiger charge is -2.38. The van der Waals surface area contributed by atoms with Crippen LogP contribution < -0.4 is 0 Å². The zero-order valence-electron chi connectivity index (χ0n) is 10.2. The van der Waals surface area contributed by atoms with E-state index in [0.29, 0.717) is 6.42 Å². The Bertz CT molecular complexity index is 301. The molecule has 1 aliphatic carbocycles. The molecule has 0 saturated heterocycles. The fraction of sp³-hybridized carbons (Fsp3) is 0.750. The first-order chi connectivity index (χ1) is 7.21. The van der Waals surface area contributed by atoms with Gasteiger partial charge < -0.3 is 14.9 Å². The quantitative estimate of drug-likeness (QED) is 0.547. The first-order valence-electron chi connectivity index (χ1n) is 5.47. The number of hydrogen-bond donors (Lipinski definition) is 2. The molecule has 3 atom stereocenters. The van der Waals surface area contributed by atoms with Crippen molar-refractivity contribution in [2.24, 2.45) is 5.92 Å². The van der Waals surface area contributed by atoms with E-state index < -0.39 is 11.7 Å². The number of aliphatic hydroxyl groups is 2. The Morgan fingerprint density at radius 1 is 1.56 bits per heavy atom. The van der Waals surface area contributed by atoms with E-state index in [1.807, 2.05) is 6.92 Å². The number of carbonyl (C=O) groups is 1. The molecule has 0 aliphatic heterocycles. The summed E-state index contributed by atoms with van der Waals surface area (Å²) in [4.78, 5) is 10.9. The first kappa shape index (κ1) is 13.2. The maximum atomic E-state index is 10.9. The van der Waals surface area contributed by atoms with Gasteiger partial charge in [0.2, 0.25) is 0 Å². The van der Waals surface area contributed by atoms with Gasteiger partial charge in [-0.25, -0.2) is 0 Å². The van der Waals surface area contributed by atoms with Crippen LogP contribution in [0.1, 0.15) is 34.1 Å². The van der Waals surface area contributed by atoms with E-state index in [4.69, 9.17) is 4.74 Å². The van der Waals surface area contributed by atoms with Crippen molar-refractivity contribution in [2.45, 2.75) is 51.9 Å². The van der Waals surface area contributed by atoms with Gasteiger partial charge in [0.15, 0.2) is 0 Å². The minimum atomic E-state index is -0.991. The molecule has 1 rings (SSSR count). The lowest BCUT2D eigenvalue weighted by Crippen LogP contribution is -2.44.